The molecule has 1 atom stereocenters. The molecule has 5 nitrogen and oxygen atoms in total. The molecule has 1 fully saturated rings. The van der Waals surface area contributed by atoms with Crippen LogP contribution in [-0.4, -0.2) is 31.4 Å². The van der Waals surface area contributed by atoms with E-state index >= 15 is 0 Å². The molecule has 0 spiro atoms. The van der Waals surface area contributed by atoms with E-state index in [1.165, 1.54) is 31.2 Å². The summed E-state index contributed by atoms with van der Waals surface area (Å²) >= 11 is 0. The second-order valence-corrected chi connectivity index (χ2v) is 9.87. The normalized spacial score (nSPS) is 16.5. The second-order valence-electron chi connectivity index (χ2n) is 7.84. The molecular weight excluding hydrogens is 431 g/mol. The minimum atomic E-state index is -4.83. The van der Waals surface area contributed by atoms with Crippen molar-refractivity contribution in [3.05, 3.63) is 65.2 Å². The average Bonchev–Trinajstić information content (AvgIpc) is 3.54. The number of hydrogen-bond donors (Lipinski definition) is 2. The number of carbonyl (C=O) groups is 1. The van der Waals surface area contributed by atoms with E-state index < -0.39 is 33.9 Å². The highest BCUT2D eigenvalue weighted by Crippen LogP contribution is 2.41. The Hall–Kier alpha value is -2.39. The Morgan fingerprint density at radius 1 is 1.06 bits per heavy atom. The minimum Gasteiger partial charge on any atom is -0.376 e. The Morgan fingerprint density at radius 3 is 2.13 bits per heavy atom. The molecule has 0 heterocycles. The lowest BCUT2D eigenvalue weighted by Crippen LogP contribution is -2.41. The molecule has 1 amide bonds. The third kappa shape index (κ3) is 5.27. The van der Waals surface area contributed by atoms with E-state index in [-0.39, 0.29) is 34.2 Å². The van der Waals surface area contributed by atoms with Crippen molar-refractivity contribution in [1.82, 2.24) is 5.32 Å². The Kier molecular flexibility index (Phi) is 6.48. The number of nitrogens with one attached hydrogen (secondary N) is 1. The zero-order chi connectivity index (χ0) is 22.9. The molecule has 1 unspecified atom stereocenters. The van der Waals surface area contributed by atoms with Crippen LogP contribution in [0.15, 0.2) is 53.4 Å². The van der Waals surface area contributed by atoms with Crippen LogP contribution in [-0.2, 0) is 22.0 Å². The Morgan fingerprint density at radius 2 is 1.65 bits per heavy atom. The van der Waals surface area contributed by atoms with Gasteiger partial charge in [-0.15, -0.1) is 0 Å². The quantitative estimate of drug-likeness (QED) is 0.631. The first-order valence-corrected chi connectivity index (χ1v) is 11.6. The monoisotopic (exact) mass is 455 g/mol. The third-order valence-corrected chi connectivity index (χ3v) is 7.39. The highest BCUT2D eigenvalue weighted by Gasteiger charge is 2.53. The molecule has 0 saturated heterocycles. The topological polar surface area (TPSA) is 83.5 Å². The van der Waals surface area contributed by atoms with E-state index in [0.29, 0.717) is 5.56 Å². The van der Waals surface area contributed by atoms with Gasteiger partial charge < -0.3 is 10.4 Å². The molecule has 2 N–H and O–H groups in total. The molecule has 9 heteroatoms. The number of amides is 1. The van der Waals surface area contributed by atoms with Crippen molar-refractivity contribution >= 4 is 15.7 Å². The summed E-state index contributed by atoms with van der Waals surface area (Å²) in [4.78, 5) is 12.6. The zero-order valence-electron chi connectivity index (χ0n) is 16.9. The maximum Gasteiger partial charge on any atom is 0.421 e. The van der Waals surface area contributed by atoms with Crippen LogP contribution in [0.4, 0.5) is 13.2 Å². The van der Waals surface area contributed by atoms with Crippen molar-refractivity contribution in [3.8, 4) is 0 Å². The lowest BCUT2D eigenvalue weighted by molar-refractivity contribution is -0.267. The van der Waals surface area contributed by atoms with Gasteiger partial charge in [-0.25, -0.2) is 8.42 Å². The Labute approximate surface area is 179 Å². The molecule has 2 aromatic rings. The number of carbonyl (C=O) groups excluding carboxylic acids is 1. The fraction of sp³-hybridized carbons (Fsp3) is 0.409. The SMILES string of the molecule is CCC(O)(c1ccc(C(=O)NCc2ccc(S(=O)(=O)CC3CC3)cc2)cc1)C(F)(F)F. The van der Waals surface area contributed by atoms with Crippen LogP contribution in [0.2, 0.25) is 0 Å². The van der Waals surface area contributed by atoms with Crippen LogP contribution in [0.3, 0.4) is 0 Å². The van der Waals surface area contributed by atoms with Crippen molar-refractivity contribution in [2.75, 3.05) is 5.75 Å². The first kappa shape index (κ1) is 23.3. The molecule has 0 radical (unpaired) electrons. The van der Waals surface area contributed by atoms with Gasteiger partial charge in [0, 0.05) is 12.1 Å². The molecule has 0 aliphatic heterocycles. The van der Waals surface area contributed by atoms with E-state index in [1.54, 1.807) is 12.1 Å². The maximum absolute atomic E-state index is 13.2. The lowest BCUT2D eigenvalue weighted by atomic mass is 9.90. The van der Waals surface area contributed by atoms with Gasteiger partial charge in [-0.05, 0) is 60.6 Å². The van der Waals surface area contributed by atoms with Crippen LogP contribution in [0.25, 0.3) is 0 Å². The van der Waals surface area contributed by atoms with Crippen LogP contribution in [0.1, 0.15) is 47.7 Å². The summed E-state index contributed by atoms with van der Waals surface area (Å²) in [5, 5.41) is 12.6. The van der Waals surface area contributed by atoms with Gasteiger partial charge in [0.15, 0.2) is 15.4 Å². The molecule has 168 valence electrons. The van der Waals surface area contributed by atoms with Crippen molar-refractivity contribution in [3.63, 3.8) is 0 Å². The Bertz CT molecular complexity index is 1030. The number of benzene rings is 2. The van der Waals surface area contributed by atoms with Crippen molar-refractivity contribution in [2.24, 2.45) is 5.92 Å². The standard InChI is InChI=1S/C22H24F3NO4S/c1-2-21(28,22(23,24)25)18-9-7-17(8-10-18)20(27)26-13-15-5-11-19(12-6-15)31(29,30)14-16-3-4-16/h5-12,16,28H,2-4,13-14H2,1H3,(H,26,27). The number of alkyl halides is 3. The van der Waals surface area contributed by atoms with E-state index in [0.717, 1.165) is 25.0 Å². The van der Waals surface area contributed by atoms with Crippen molar-refractivity contribution in [1.29, 1.82) is 0 Å². The second kappa shape index (κ2) is 8.63. The largest absolute Gasteiger partial charge is 0.421 e. The molecule has 1 aliphatic carbocycles. The fourth-order valence-electron chi connectivity index (χ4n) is 3.26. The van der Waals surface area contributed by atoms with Gasteiger partial charge in [0.25, 0.3) is 5.91 Å². The third-order valence-electron chi connectivity index (χ3n) is 5.49. The molecule has 3 rings (SSSR count). The summed E-state index contributed by atoms with van der Waals surface area (Å²) in [6, 6.07) is 10.9. The van der Waals surface area contributed by atoms with E-state index in [4.69, 9.17) is 0 Å². The fourth-order valence-corrected chi connectivity index (χ4v) is 4.95. The molecule has 0 aromatic heterocycles. The molecule has 1 saturated carbocycles. The maximum atomic E-state index is 13.2. The van der Waals surface area contributed by atoms with Gasteiger partial charge in [0.1, 0.15) is 0 Å². The smallest absolute Gasteiger partial charge is 0.376 e. The van der Waals surface area contributed by atoms with Crippen LogP contribution in [0.5, 0.6) is 0 Å². The van der Waals surface area contributed by atoms with Crippen molar-refractivity contribution in [2.45, 2.75) is 49.4 Å². The summed E-state index contributed by atoms with van der Waals surface area (Å²) < 4.78 is 64.0. The van der Waals surface area contributed by atoms with Gasteiger partial charge in [0.05, 0.1) is 10.6 Å². The summed E-state index contributed by atoms with van der Waals surface area (Å²) in [7, 11) is -3.30. The van der Waals surface area contributed by atoms with E-state index in [2.05, 4.69) is 5.32 Å². The summed E-state index contributed by atoms with van der Waals surface area (Å²) in [5.74, 6) is -0.0931. The summed E-state index contributed by atoms with van der Waals surface area (Å²) in [6.45, 7) is 1.36. The van der Waals surface area contributed by atoms with Gasteiger partial charge in [-0.1, -0.05) is 31.2 Å². The predicted octanol–water partition coefficient (Wildman–Crippen LogP) is 3.96. The first-order valence-electron chi connectivity index (χ1n) is 9.96. The molecule has 0 bridgehead atoms. The summed E-state index contributed by atoms with van der Waals surface area (Å²) in [6.07, 6.45) is -3.49. The molecule has 31 heavy (non-hydrogen) atoms. The van der Waals surface area contributed by atoms with Gasteiger partial charge in [-0.3, -0.25) is 4.79 Å². The number of aliphatic hydroxyl groups is 1. The number of rotatable bonds is 8. The van der Waals surface area contributed by atoms with Crippen LogP contribution >= 0.6 is 0 Å². The first-order chi connectivity index (χ1) is 14.5. The number of hydrogen-bond acceptors (Lipinski definition) is 4. The van der Waals surface area contributed by atoms with Gasteiger partial charge in [0.2, 0.25) is 0 Å². The predicted molar refractivity (Wildman–Crippen MR) is 109 cm³/mol. The highest BCUT2D eigenvalue weighted by atomic mass is 32.2. The van der Waals surface area contributed by atoms with Crippen molar-refractivity contribution < 1.29 is 31.5 Å². The average molecular weight is 455 g/mol. The van der Waals surface area contributed by atoms with Gasteiger partial charge in [-0.2, -0.15) is 13.2 Å². The zero-order valence-corrected chi connectivity index (χ0v) is 17.8. The number of halogens is 3. The van der Waals surface area contributed by atoms with Crippen LogP contribution in [0, 0.1) is 5.92 Å². The highest BCUT2D eigenvalue weighted by molar-refractivity contribution is 7.91. The summed E-state index contributed by atoms with van der Waals surface area (Å²) in [5.41, 5.74) is -2.47. The number of sulfone groups is 1. The molecule has 2 aromatic carbocycles. The molecule has 1 aliphatic rings. The van der Waals surface area contributed by atoms with E-state index in [1.807, 2.05) is 0 Å². The lowest BCUT2D eigenvalue weighted by Gasteiger charge is -2.29. The van der Waals surface area contributed by atoms with E-state index in [9.17, 15) is 31.5 Å². The van der Waals surface area contributed by atoms with Gasteiger partial charge >= 0.3 is 6.18 Å². The Balaban J connectivity index is 1.62. The minimum absolute atomic E-state index is 0.130. The molecular formula is C22H24F3NO4S. The van der Waals surface area contributed by atoms with Crippen LogP contribution < -0.4 is 5.32 Å².